The van der Waals surface area contributed by atoms with Gasteiger partial charge in [-0.3, -0.25) is 19.6 Å². The van der Waals surface area contributed by atoms with Gasteiger partial charge >= 0.3 is 5.97 Å². The Morgan fingerprint density at radius 1 is 1.31 bits per heavy atom. The van der Waals surface area contributed by atoms with Crippen molar-refractivity contribution in [3.05, 3.63) is 29.3 Å². The average Bonchev–Trinajstić information content (AvgIpc) is 2.83. The van der Waals surface area contributed by atoms with E-state index in [1.165, 1.54) is 19.5 Å². The third-order valence-corrected chi connectivity index (χ3v) is 5.94. The summed E-state index contributed by atoms with van der Waals surface area (Å²) < 4.78 is 24.8. The summed E-state index contributed by atoms with van der Waals surface area (Å²) in [5.74, 6) is -1.38. The Bertz CT molecular complexity index is 896. The van der Waals surface area contributed by atoms with E-state index < -0.39 is 30.2 Å². The molecule has 0 aromatic rings. The fourth-order valence-electron chi connectivity index (χ4n) is 3.97. The largest absolute Gasteiger partial charge is 0.484 e. The molecule has 1 fully saturated rings. The molecule has 3 unspecified atom stereocenters. The van der Waals surface area contributed by atoms with E-state index >= 15 is 0 Å². The van der Waals surface area contributed by atoms with E-state index in [4.69, 9.17) is 20.9 Å². The minimum Gasteiger partial charge on any atom is -0.484 e. The van der Waals surface area contributed by atoms with E-state index in [0.29, 0.717) is 43.6 Å². The first-order chi connectivity index (χ1) is 16.7. The van der Waals surface area contributed by atoms with Crippen LogP contribution in [0.5, 0.6) is 0 Å². The van der Waals surface area contributed by atoms with Crippen molar-refractivity contribution in [3.63, 3.8) is 0 Å². The molecule has 2 aliphatic rings. The van der Waals surface area contributed by atoms with Gasteiger partial charge < -0.3 is 26.3 Å². The van der Waals surface area contributed by atoms with E-state index in [2.05, 4.69) is 21.0 Å². The second-order valence-corrected chi connectivity index (χ2v) is 9.08. The normalized spacial score (nSPS) is 23.8. The summed E-state index contributed by atoms with van der Waals surface area (Å²) in [6.45, 7) is 5.34. The van der Waals surface area contributed by atoms with Gasteiger partial charge in [-0.05, 0) is 52.0 Å². The number of allylic oxidation sites excluding steroid dienone is 2. The molecule has 1 aliphatic carbocycles. The minimum absolute atomic E-state index is 0.0811. The Kier molecular flexibility index (Phi) is 11.3. The van der Waals surface area contributed by atoms with Crippen molar-refractivity contribution in [2.75, 3.05) is 13.7 Å². The molecule has 3 atom stereocenters. The topological polar surface area (TPSA) is 141 Å². The van der Waals surface area contributed by atoms with Gasteiger partial charge in [0.05, 0.1) is 43.8 Å². The number of carbonyl (C=O) groups is 2. The van der Waals surface area contributed by atoms with Gasteiger partial charge in [-0.2, -0.15) is 0 Å². The third-order valence-electron chi connectivity index (χ3n) is 5.94. The van der Waals surface area contributed by atoms with Crippen LogP contribution in [0.2, 0.25) is 0 Å². The molecule has 0 saturated heterocycles. The molecular formula is C25H38FN5O4. The zero-order valence-corrected chi connectivity index (χ0v) is 21.0. The molecule has 0 spiro atoms. The number of esters is 1. The van der Waals surface area contributed by atoms with E-state index in [9.17, 15) is 14.0 Å². The van der Waals surface area contributed by atoms with Crippen molar-refractivity contribution < 1.29 is 23.5 Å². The molecule has 1 heterocycles. The number of methoxy groups -OCH3 is 1. The molecule has 1 aliphatic heterocycles. The Hall–Kier alpha value is -2.81. The van der Waals surface area contributed by atoms with Crippen molar-refractivity contribution in [1.82, 2.24) is 5.32 Å². The summed E-state index contributed by atoms with van der Waals surface area (Å²) in [7, 11) is 1.39. The van der Waals surface area contributed by atoms with Crippen LogP contribution in [0.3, 0.4) is 0 Å². The first-order valence-corrected chi connectivity index (χ1v) is 12.0. The van der Waals surface area contributed by atoms with Crippen LogP contribution >= 0.6 is 0 Å². The smallest absolute Gasteiger partial charge is 0.308 e. The fourth-order valence-corrected chi connectivity index (χ4v) is 3.97. The summed E-state index contributed by atoms with van der Waals surface area (Å²) in [4.78, 5) is 33.5. The molecule has 35 heavy (non-hydrogen) atoms. The zero-order chi connectivity index (χ0) is 26.0. The van der Waals surface area contributed by atoms with E-state index in [-0.39, 0.29) is 24.5 Å². The van der Waals surface area contributed by atoms with Crippen molar-refractivity contribution >= 4 is 23.8 Å². The van der Waals surface area contributed by atoms with Crippen LogP contribution in [0.25, 0.3) is 0 Å². The van der Waals surface area contributed by atoms with Gasteiger partial charge in [0.2, 0.25) is 5.91 Å². The fraction of sp³-hybridized carbons (Fsp3) is 0.640. The van der Waals surface area contributed by atoms with E-state index in [1.54, 1.807) is 13.0 Å². The van der Waals surface area contributed by atoms with Crippen LogP contribution in [0.4, 0.5) is 4.39 Å². The number of rotatable bonds is 11. The Morgan fingerprint density at radius 2 is 2.00 bits per heavy atom. The number of nitrogens with zero attached hydrogens (tertiary/aromatic N) is 2. The maximum Gasteiger partial charge on any atom is 0.308 e. The molecule has 0 aromatic carbocycles. The highest BCUT2D eigenvalue weighted by Gasteiger charge is 2.33. The number of hydrogen-bond donors (Lipinski definition) is 3. The highest BCUT2D eigenvalue weighted by Crippen LogP contribution is 2.29. The lowest BCUT2D eigenvalue weighted by atomic mass is 9.87. The van der Waals surface area contributed by atoms with Gasteiger partial charge in [0.1, 0.15) is 18.1 Å². The molecule has 10 heteroatoms. The lowest BCUT2D eigenvalue weighted by Gasteiger charge is -2.30. The second-order valence-electron chi connectivity index (χ2n) is 9.08. The molecule has 194 valence electrons. The van der Waals surface area contributed by atoms with Crippen LogP contribution in [0.1, 0.15) is 52.9 Å². The third kappa shape index (κ3) is 8.72. The summed E-state index contributed by atoms with van der Waals surface area (Å²) in [5, 5.41) is 2.86. The predicted octanol–water partition coefficient (Wildman–Crippen LogP) is 2.32. The van der Waals surface area contributed by atoms with Gasteiger partial charge in [-0.25, -0.2) is 4.39 Å². The number of nitrogens with one attached hydrogen (secondary N) is 1. The Balaban J connectivity index is 2.12. The molecule has 0 aromatic heterocycles. The van der Waals surface area contributed by atoms with Crippen molar-refractivity contribution in [1.29, 1.82) is 0 Å². The zero-order valence-electron chi connectivity index (χ0n) is 21.0. The van der Waals surface area contributed by atoms with Crippen molar-refractivity contribution in [2.45, 2.75) is 77.4 Å². The monoisotopic (exact) mass is 491 g/mol. The van der Waals surface area contributed by atoms with Crippen LogP contribution in [0.15, 0.2) is 39.3 Å². The van der Waals surface area contributed by atoms with Gasteiger partial charge in [-0.15, -0.1) is 0 Å². The number of amides is 1. The van der Waals surface area contributed by atoms with Gasteiger partial charge in [0.25, 0.3) is 0 Å². The number of hydrogen-bond acceptors (Lipinski definition) is 8. The lowest BCUT2D eigenvalue weighted by molar-refractivity contribution is -0.147. The van der Waals surface area contributed by atoms with Crippen molar-refractivity contribution in [3.8, 4) is 0 Å². The number of alkyl halides is 1. The molecule has 9 nitrogen and oxygen atoms in total. The lowest BCUT2D eigenvalue weighted by Crippen LogP contribution is -2.53. The number of carbonyl (C=O) groups excluding carboxylic acids is 2. The molecule has 0 bridgehead atoms. The van der Waals surface area contributed by atoms with Crippen molar-refractivity contribution in [2.24, 2.45) is 33.3 Å². The SMILES string of the molecule is CCC(F)CN=C(C=C(C)C)C(C(=O)NC1C=NC=C=C1OC1CCC(C(=O)OC)CC1)C(N)N. The van der Waals surface area contributed by atoms with Crippen LogP contribution < -0.4 is 16.8 Å². The highest BCUT2D eigenvalue weighted by molar-refractivity contribution is 6.11. The predicted molar refractivity (Wildman–Crippen MR) is 133 cm³/mol. The van der Waals surface area contributed by atoms with Gasteiger partial charge in [0.15, 0.2) is 5.76 Å². The molecule has 2 rings (SSSR count). The van der Waals surface area contributed by atoms with Crippen LogP contribution in [-0.4, -0.2) is 61.9 Å². The van der Waals surface area contributed by atoms with E-state index in [1.807, 2.05) is 13.8 Å². The Labute approximate surface area is 206 Å². The summed E-state index contributed by atoms with van der Waals surface area (Å²) in [5.41, 5.74) is 16.1. The maximum absolute atomic E-state index is 13.9. The first-order valence-electron chi connectivity index (χ1n) is 12.0. The maximum atomic E-state index is 13.9. The standard InChI is InChI=1S/C25H38FN5O4/c1-5-17(26)13-30-19(12-15(2)3)22(23(27)28)24(32)31-20-14-29-11-10-21(20)35-18-8-6-16(7-9-18)25(33)34-4/h11-12,14,16-18,20,22-23H,5-9,13,27-28H2,1-4H3,(H,31,32). The first kappa shape index (κ1) is 28.4. The van der Waals surface area contributed by atoms with Crippen LogP contribution in [-0.2, 0) is 19.1 Å². The Morgan fingerprint density at radius 3 is 2.57 bits per heavy atom. The second kappa shape index (κ2) is 13.9. The number of halogens is 1. The quantitative estimate of drug-likeness (QED) is 0.175. The summed E-state index contributed by atoms with van der Waals surface area (Å²) >= 11 is 0. The summed E-state index contributed by atoms with van der Waals surface area (Å²) in [6.07, 6.45) is 5.40. The highest BCUT2D eigenvalue weighted by atomic mass is 19.1. The molecule has 1 amide bonds. The molecule has 0 radical (unpaired) electrons. The number of aliphatic imine (C=N–C) groups is 2. The van der Waals surface area contributed by atoms with Gasteiger partial charge in [-0.1, -0.05) is 18.2 Å². The van der Waals surface area contributed by atoms with Crippen LogP contribution in [0, 0.1) is 11.8 Å². The minimum atomic E-state index is -1.12. The number of nitrogens with two attached hydrogens (primary N) is 2. The van der Waals surface area contributed by atoms with E-state index in [0.717, 1.165) is 5.57 Å². The number of ether oxygens (including phenoxy) is 2. The molecule has 1 saturated carbocycles. The average molecular weight is 492 g/mol. The van der Waals surface area contributed by atoms with Gasteiger partial charge in [0, 0.05) is 6.21 Å². The molecule has 5 N–H and O–H groups in total. The molecular weight excluding hydrogens is 453 g/mol. The summed E-state index contributed by atoms with van der Waals surface area (Å²) in [6, 6.07) is -0.676.